The molecule has 1 heterocycles. The number of imidazole rings is 1. The number of nitrogens with one attached hydrogen (secondary N) is 1. The van der Waals surface area contributed by atoms with Crippen molar-refractivity contribution in [3.05, 3.63) is 34.7 Å². The zero-order valence-corrected chi connectivity index (χ0v) is 16.1. The lowest BCUT2D eigenvalue weighted by Crippen LogP contribution is -2.53. The van der Waals surface area contributed by atoms with Crippen molar-refractivity contribution in [2.75, 3.05) is 20.6 Å². The fourth-order valence-corrected chi connectivity index (χ4v) is 4.15. The fourth-order valence-electron chi connectivity index (χ4n) is 4.15. The van der Waals surface area contributed by atoms with Crippen molar-refractivity contribution >= 4 is 16.9 Å². The van der Waals surface area contributed by atoms with Crippen LogP contribution in [0.5, 0.6) is 0 Å². The van der Waals surface area contributed by atoms with E-state index in [1.54, 1.807) is 16.2 Å². The Morgan fingerprint density at radius 3 is 2.35 bits per heavy atom. The van der Waals surface area contributed by atoms with Crippen molar-refractivity contribution in [2.45, 2.75) is 50.6 Å². The first-order valence-corrected chi connectivity index (χ1v) is 9.53. The number of aryl methyl sites for hydroxylation is 1. The molecule has 0 unspecified atom stereocenters. The maximum absolute atomic E-state index is 12.6. The number of carbonyl (C=O) groups excluding carboxylic acids is 1. The lowest BCUT2D eigenvalue weighted by atomic mass is 9.88. The van der Waals surface area contributed by atoms with E-state index in [2.05, 4.69) is 24.3 Å². The highest BCUT2D eigenvalue weighted by atomic mass is 16.2. The van der Waals surface area contributed by atoms with Gasteiger partial charge in [0.05, 0.1) is 11.0 Å². The summed E-state index contributed by atoms with van der Waals surface area (Å²) in [7, 11) is 5.95. The molecule has 6 nitrogen and oxygen atoms in total. The van der Waals surface area contributed by atoms with Crippen LogP contribution in [0, 0.1) is 0 Å². The molecular formula is C20H30N4O2. The number of aromatic nitrogens is 2. The number of likely N-dealkylation sites (N-methyl/N-ethyl adjacent to an activating group) is 1. The van der Waals surface area contributed by atoms with Gasteiger partial charge in [-0.3, -0.25) is 13.9 Å². The number of amides is 1. The molecule has 1 aliphatic rings. The molecule has 1 aromatic carbocycles. The average Bonchev–Trinajstić information content (AvgIpc) is 2.82. The quantitative estimate of drug-likeness (QED) is 0.833. The van der Waals surface area contributed by atoms with Crippen LogP contribution in [0.25, 0.3) is 11.0 Å². The summed E-state index contributed by atoms with van der Waals surface area (Å²) < 4.78 is 3.15. The molecule has 1 aromatic heterocycles. The van der Waals surface area contributed by atoms with E-state index >= 15 is 0 Å². The predicted molar refractivity (Wildman–Crippen MR) is 104 cm³/mol. The Labute approximate surface area is 154 Å². The summed E-state index contributed by atoms with van der Waals surface area (Å²) in [5.41, 5.74) is 1.51. The standard InChI is InChI=1S/C20H30N4O2/c1-22(2)20(12-8-4-5-9-13-20)15-21-18(25)14-24-17-11-7-6-10-16(17)23(3)19(24)26/h6-7,10-11H,4-5,8-9,12-15H2,1-3H3,(H,21,25). The summed E-state index contributed by atoms with van der Waals surface area (Å²) in [5.74, 6) is -0.103. The Morgan fingerprint density at radius 2 is 1.73 bits per heavy atom. The number of fused-ring (bicyclic) bond motifs is 1. The Balaban J connectivity index is 1.73. The summed E-state index contributed by atoms with van der Waals surface area (Å²) in [6, 6.07) is 7.58. The van der Waals surface area contributed by atoms with Gasteiger partial charge in [-0.1, -0.05) is 37.8 Å². The van der Waals surface area contributed by atoms with E-state index in [4.69, 9.17) is 0 Å². The van der Waals surface area contributed by atoms with Crippen molar-refractivity contribution in [3.8, 4) is 0 Å². The maximum atomic E-state index is 12.6. The molecular weight excluding hydrogens is 328 g/mol. The maximum Gasteiger partial charge on any atom is 0.329 e. The van der Waals surface area contributed by atoms with Gasteiger partial charge in [0.2, 0.25) is 5.91 Å². The molecule has 2 aromatic rings. The van der Waals surface area contributed by atoms with Crippen LogP contribution in [-0.4, -0.2) is 46.1 Å². The number of rotatable bonds is 5. The highest BCUT2D eigenvalue weighted by Gasteiger charge is 2.33. The van der Waals surface area contributed by atoms with Gasteiger partial charge in [0.15, 0.2) is 0 Å². The predicted octanol–water partition coefficient (Wildman–Crippen LogP) is 2.11. The molecule has 1 saturated carbocycles. The molecule has 0 radical (unpaired) electrons. The van der Waals surface area contributed by atoms with E-state index in [1.165, 1.54) is 25.7 Å². The van der Waals surface area contributed by atoms with Crippen molar-refractivity contribution in [3.63, 3.8) is 0 Å². The largest absolute Gasteiger partial charge is 0.353 e. The van der Waals surface area contributed by atoms with Gasteiger partial charge in [0.1, 0.15) is 6.54 Å². The van der Waals surface area contributed by atoms with Gasteiger partial charge in [0, 0.05) is 19.1 Å². The lowest BCUT2D eigenvalue weighted by Gasteiger charge is -2.39. The van der Waals surface area contributed by atoms with Crippen LogP contribution in [0.15, 0.2) is 29.1 Å². The smallest absolute Gasteiger partial charge is 0.329 e. The third-order valence-corrected chi connectivity index (χ3v) is 5.95. The first kappa shape index (κ1) is 18.7. The van der Waals surface area contributed by atoms with Gasteiger partial charge in [0.25, 0.3) is 0 Å². The normalized spacial score (nSPS) is 17.4. The van der Waals surface area contributed by atoms with Crippen LogP contribution in [0.3, 0.4) is 0 Å². The molecule has 0 atom stereocenters. The van der Waals surface area contributed by atoms with E-state index < -0.39 is 0 Å². The molecule has 1 N–H and O–H groups in total. The molecule has 1 aliphatic carbocycles. The van der Waals surface area contributed by atoms with Gasteiger partial charge < -0.3 is 10.2 Å². The molecule has 6 heteroatoms. The van der Waals surface area contributed by atoms with E-state index in [0.29, 0.717) is 6.54 Å². The zero-order chi connectivity index (χ0) is 18.7. The topological polar surface area (TPSA) is 59.3 Å². The number of benzene rings is 1. The van der Waals surface area contributed by atoms with E-state index in [0.717, 1.165) is 23.9 Å². The minimum absolute atomic E-state index is 0.0237. The Kier molecular flexibility index (Phi) is 5.51. The molecule has 0 spiro atoms. The van der Waals surface area contributed by atoms with Gasteiger partial charge in [-0.25, -0.2) is 4.79 Å². The minimum atomic E-state index is -0.155. The van der Waals surface area contributed by atoms with Crippen LogP contribution in [0.4, 0.5) is 0 Å². The van der Waals surface area contributed by atoms with Crippen LogP contribution in [-0.2, 0) is 18.4 Å². The van der Waals surface area contributed by atoms with Crippen LogP contribution >= 0.6 is 0 Å². The molecule has 1 fully saturated rings. The summed E-state index contributed by atoms with van der Waals surface area (Å²) in [6.07, 6.45) is 7.17. The third-order valence-electron chi connectivity index (χ3n) is 5.95. The molecule has 0 bridgehead atoms. The summed E-state index contributed by atoms with van der Waals surface area (Å²) in [5, 5.41) is 3.10. The van der Waals surface area contributed by atoms with Gasteiger partial charge in [-0.2, -0.15) is 0 Å². The van der Waals surface area contributed by atoms with Crippen molar-refractivity contribution in [2.24, 2.45) is 7.05 Å². The Bertz CT molecular complexity index is 826. The Hall–Kier alpha value is -2.08. The zero-order valence-electron chi connectivity index (χ0n) is 16.1. The number of hydrogen-bond acceptors (Lipinski definition) is 3. The van der Waals surface area contributed by atoms with E-state index in [1.807, 2.05) is 24.3 Å². The van der Waals surface area contributed by atoms with Crippen LogP contribution in [0.1, 0.15) is 38.5 Å². The second-order valence-electron chi connectivity index (χ2n) is 7.73. The molecule has 26 heavy (non-hydrogen) atoms. The average molecular weight is 358 g/mol. The van der Waals surface area contributed by atoms with Gasteiger partial charge >= 0.3 is 5.69 Å². The molecule has 0 saturated heterocycles. The minimum Gasteiger partial charge on any atom is -0.353 e. The number of para-hydroxylation sites is 2. The van der Waals surface area contributed by atoms with Crippen molar-refractivity contribution in [1.82, 2.24) is 19.4 Å². The molecule has 1 amide bonds. The van der Waals surface area contributed by atoms with Crippen LogP contribution in [0.2, 0.25) is 0 Å². The van der Waals surface area contributed by atoms with E-state index in [9.17, 15) is 9.59 Å². The Morgan fingerprint density at radius 1 is 1.12 bits per heavy atom. The molecule has 0 aliphatic heterocycles. The second kappa shape index (κ2) is 7.66. The lowest BCUT2D eigenvalue weighted by molar-refractivity contribution is -0.122. The van der Waals surface area contributed by atoms with Gasteiger partial charge in [-0.05, 0) is 39.1 Å². The van der Waals surface area contributed by atoms with Crippen molar-refractivity contribution in [1.29, 1.82) is 0 Å². The molecule has 142 valence electrons. The fraction of sp³-hybridized carbons (Fsp3) is 0.600. The summed E-state index contributed by atoms with van der Waals surface area (Å²) in [4.78, 5) is 27.4. The summed E-state index contributed by atoms with van der Waals surface area (Å²) in [6.45, 7) is 0.696. The van der Waals surface area contributed by atoms with Crippen LogP contribution < -0.4 is 11.0 Å². The SMILES string of the molecule is CN(C)C1(CNC(=O)Cn2c(=O)n(C)c3ccccc32)CCCCCC1. The number of carbonyl (C=O) groups is 1. The number of hydrogen-bond donors (Lipinski definition) is 1. The first-order valence-electron chi connectivity index (χ1n) is 9.53. The third kappa shape index (κ3) is 3.56. The highest BCUT2D eigenvalue weighted by molar-refractivity contribution is 5.80. The second-order valence-corrected chi connectivity index (χ2v) is 7.73. The summed E-state index contributed by atoms with van der Waals surface area (Å²) >= 11 is 0. The first-order chi connectivity index (χ1) is 12.4. The highest BCUT2D eigenvalue weighted by Crippen LogP contribution is 2.30. The van der Waals surface area contributed by atoms with Gasteiger partial charge in [-0.15, -0.1) is 0 Å². The van der Waals surface area contributed by atoms with Crippen molar-refractivity contribution < 1.29 is 4.79 Å². The molecule has 3 rings (SSSR count). The number of nitrogens with zero attached hydrogens (tertiary/aromatic N) is 3. The monoisotopic (exact) mass is 358 g/mol. The van der Waals surface area contributed by atoms with E-state index in [-0.39, 0.29) is 23.7 Å².